The van der Waals surface area contributed by atoms with Crippen molar-refractivity contribution < 1.29 is 33.8 Å². The first-order valence-electron chi connectivity index (χ1n) is 14.1. The third kappa shape index (κ3) is 9.51. The summed E-state index contributed by atoms with van der Waals surface area (Å²) in [5.41, 5.74) is 3.47. The Hall–Kier alpha value is -5.01. The Morgan fingerprint density at radius 1 is 0.977 bits per heavy atom. The van der Waals surface area contributed by atoms with Crippen LogP contribution in [0.5, 0.6) is 5.75 Å². The van der Waals surface area contributed by atoms with Gasteiger partial charge in [-0.3, -0.25) is 24.3 Å². The molecule has 44 heavy (non-hydrogen) atoms. The van der Waals surface area contributed by atoms with Gasteiger partial charge in [-0.1, -0.05) is 24.3 Å². The van der Waals surface area contributed by atoms with Gasteiger partial charge in [-0.05, 0) is 48.4 Å². The van der Waals surface area contributed by atoms with Crippen molar-refractivity contribution in [3.8, 4) is 5.75 Å². The zero-order valence-corrected chi connectivity index (χ0v) is 24.6. The van der Waals surface area contributed by atoms with Gasteiger partial charge in [0.1, 0.15) is 5.75 Å². The Morgan fingerprint density at radius 3 is 2.41 bits per heavy atom. The van der Waals surface area contributed by atoms with Gasteiger partial charge in [0, 0.05) is 18.8 Å². The molecule has 0 bridgehead atoms. The number of benzene rings is 2. The van der Waals surface area contributed by atoms with Gasteiger partial charge in [0.05, 0.1) is 69.0 Å². The van der Waals surface area contributed by atoms with Crippen molar-refractivity contribution in [2.24, 2.45) is 0 Å². The number of aliphatic carboxylic acids is 1. The number of pyridine rings is 1. The molecule has 2 aromatic carbocycles. The Bertz CT molecular complexity index is 1470. The first-order valence-corrected chi connectivity index (χ1v) is 14.1. The van der Waals surface area contributed by atoms with E-state index in [0.29, 0.717) is 60.4 Å². The third-order valence-electron chi connectivity index (χ3n) is 6.88. The number of para-hydroxylation sites is 1. The van der Waals surface area contributed by atoms with Crippen LogP contribution in [-0.4, -0.2) is 78.8 Å². The summed E-state index contributed by atoms with van der Waals surface area (Å²) < 4.78 is 10.7. The molecule has 1 aliphatic heterocycles. The molecule has 5 N–H and O–H groups in total. The van der Waals surface area contributed by atoms with Crippen molar-refractivity contribution in [2.45, 2.75) is 25.8 Å². The molecule has 0 spiro atoms. The van der Waals surface area contributed by atoms with Crippen LogP contribution >= 0.6 is 0 Å². The van der Waals surface area contributed by atoms with Crippen molar-refractivity contribution in [3.63, 3.8) is 0 Å². The molecule has 3 aromatic rings. The maximum Gasteiger partial charge on any atom is 0.323 e. The van der Waals surface area contributed by atoms with Crippen LogP contribution in [0.3, 0.4) is 0 Å². The number of hydrogen-bond acceptors (Lipinski definition) is 8. The number of hydrogen-bond donors (Lipinski definition) is 5. The number of amides is 4. The van der Waals surface area contributed by atoms with Gasteiger partial charge >= 0.3 is 12.0 Å². The van der Waals surface area contributed by atoms with E-state index >= 15 is 0 Å². The second-order valence-corrected chi connectivity index (χ2v) is 10.2. The smallest absolute Gasteiger partial charge is 0.323 e. The van der Waals surface area contributed by atoms with Gasteiger partial charge in [0.2, 0.25) is 11.8 Å². The standard InChI is InChI=1S/C31H36N6O7/c1-20-5-3-4-6-23(20)35-31(42)36-25-9-7-21(15-27(25)43-2)16-28(38)33-22-8-10-24(32-18-22)26(17-30(40)41)34-29(39)19-37-11-13-44-14-12-37/h3-10,15,18,26H,11-14,16-17,19H2,1-2H3,(H,33,38)(H,34,39)(H,40,41)(H2,35,36,42). The minimum Gasteiger partial charge on any atom is -0.495 e. The molecule has 13 nitrogen and oxygen atoms in total. The molecular weight excluding hydrogens is 568 g/mol. The fraction of sp³-hybridized carbons (Fsp3) is 0.323. The van der Waals surface area contributed by atoms with E-state index in [4.69, 9.17) is 9.47 Å². The molecule has 1 atom stereocenters. The van der Waals surface area contributed by atoms with Gasteiger partial charge < -0.3 is 35.8 Å². The number of morpholine rings is 1. The van der Waals surface area contributed by atoms with Crippen molar-refractivity contribution in [1.82, 2.24) is 15.2 Å². The third-order valence-corrected chi connectivity index (χ3v) is 6.88. The molecular formula is C31H36N6O7. The minimum atomic E-state index is -1.08. The minimum absolute atomic E-state index is 0.0209. The molecule has 232 valence electrons. The number of carboxylic acids is 1. The number of rotatable bonds is 12. The molecule has 2 heterocycles. The van der Waals surface area contributed by atoms with E-state index in [0.717, 1.165) is 5.56 Å². The van der Waals surface area contributed by atoms with E-state index in [1.807, 2.05) is 30.0 Å². The summed E-state index contributed by atoms with van der Waals surface area (Å²) in [6, 6.07) is 14.4. The van der Waals surface area contributed by atoms with E-state index < -0.39 is 18.0 Å². The Labute approximate surface area is 254 Å². The van der Waals surface area contributed by atoms with Gasteiger partial charge in [0.25, 0.3) is 0 Å². The summed E-state index contributed by atoms with van der Waals surface area (Å²) in [6.07, 6.45) is 1.09. The molecule has 0 aliphatic carbocycles. The number of nitrogens with zero attached hydrogens (tertiary/aromatic N) is 2. The quantitative estimate of drug-likeness (QED) is 0.208. The summed E-state index contributed by atoms with van der Waals surface area (Å²) in [5, 5.41) is 20.4. The number of carbonyl (C=O) groups is 4. The maximum absolute atomic E-state index is 12.8. The number of aryl methyl sites for hydroxylation is 1. The van der Waals surface area contributed by atoms with Gasteiger partial charge in [-0.2, -0.15) is 0 Å². The zero-order chi connectivity index (χ0) is 31.5. The number of carbonyl (C=O) groups excluding carboxylic acids is 3. The lowest BCUT2D eigenvalue weighted by atomic mass is 10.1. The average molecular weight is 605 g/mol. The van der Waals surface area contributed by atoms with Crippen molar-refractivity contribution in [3.05, 3.63) is 77.6 Å². The highest BCUT2D eigenvalue weighted by molar-refractivity contribution is 6.01. The lowest BCUT2D eigenvalue weighted by molar-refractivity contribution is -0.138. The van der Waals surface area contributed by atoms with E-state index in [1.54, 1.807) is 36.4 Å². The van der Waals surface area contributed by atoms with Crippen LogP contribution in [0.1, 0.15) is 29.3 Å². The highest BCUT2D eigenvalue weighted by atomic mass is 16.5. The van der Waals surface area contributed by atoms with Gasteiger partial charge in [-0.15, -0.1) is 0 Å². The zero-order valence-electron chi connectivity index (χ0n) is 24.6. The van der Waals surface area contributed by atoms with Crippen molar-refractivity contribution in [2.75, 3.05) is 55.9 Å². The normalized spacial score (nSPS) is 13.8. The van der Waals surface area contributed by atoms with Crippen LogP contribution in [0.15, 0.2) is 60.8 Å². The van der Waals surface area contributed by atoms with Crippen molar-refractivity contribution in [1.29, 1.82) is 0 Å². The molecule has 1 fully saturated rings. The fourth-order valence-electron chi connectivity index (χ4n) is 4.62. The van der Waals surface area contributed by atoms with Crippen LogP contribution < -0.4 is 26.0 Å². The predicted molar refractivity (Wildman–Crippen MR) is 164 cm³/mol. The summed E-state index contributed by atoms with van der Waals surface area (Å²) in [7, 11) is 1.47. The van der Waals surface area contributed by atoms with Crippen LogP contribution in [-0.2, 0) is 25.5 Å². The van der Waals surface area contributed by atoms with Crippen LogP contribution in [0, 0.1) is 6.92 Å². The summed E-state index contributed by atoms with van der Waals surface area (Å²) in [5.74, 6) is -1.31. The molecule has 4 amide bonds. The Kier molecular flexibility index (Phi) is 11.2. The molecule has 1 unspecified atom stereocenters. The second-order valence-electron chi connectivity index (χ2n) is 10.2. The lowest BCUT2D eigenvalue weighted by Gasteiger charge is -2.26. The van der Waals surface area contributed by atoms with Crippen LogP contribution in [0.2, 0.25) is 0 Å². The number of nitrogens with one attached hydrogen (secondary N) is 4. The molecule has 0 radical (unpaired) electrons. The molecule has 4 rings (SSSR count). The largest absolute Gasteiger partial charge is 0.495 e. The van der Waals surface area contributed by atoms with Gasteiger partial charge in [0.15, 0.2) is 0 Å². The number of ether oxygens (including phenoxy) is 2. The molecule has 1 aliphatic rings. The number of anilines is 3. The Morgan fingerprint density at radius 2 is 1.73 bits per heavy atom. The highest BCUT2D eigenvalue weighted by Crippen LogP contribution is 2.27. The second kappa shape index (κ2) is 15.5. The number of carboxylic acid groups (broad SMARTS) is 1. The summed E-state index contributed by atoms with van der Waals surface area (Å²) >= 11 is 0. The van der Waals surface area contributed by atoms with E-state index in [-0.39, 0.29) is 31.2 Å². The highest BCUT2D eigenvalue weighted by Gasteiger charge is 2.22. The predicted octanol–water partition coefficient (Wildman–Crippen LogP) is 3.19. The summed E-state index contributed by atoms with van der Waals surface area (Å²) in [4.78, 5) is 55.5. The number of urea groups is 1. The van der Waals surface area contributed by atoms with Gasteiger partial charge in [-0.25, -0.2) is 4.79 Å². The SMILES string of the molecule is COc1cc(CC(=O)Nc2ccc(C(CC(=O)O)NC(=O)CN3CCOCC3)nc2)ccc1NC(=O)Nc1ccccc1C. The van der Waals surface area contributed by atoms with E-state index in [1.165, 1.54) is 13.3 Å². The maximum atomic E-state index is 12.8. The first-order chi connectivity index (χ1) is 21.2. The van der Waals surface area contributed by atoms with Crippen LogP contribution in [0.25, 0.3) is 0 Å². The van der Waals surface area contributed by atoms with E-state index in [2.05, 4.69) is 26.3 Å². The van der Waals surface area contributed by atoms with Crippen molar-refractivity contribution >= 4 is 40.9 Å². The van der Waals surface area contributed by atoms with Crippen LogP contribution in [0.4, 0.5) is 21.9 Å². The molecule has 1 aromatic heterocycles. The van der Waals surface area contributed by atoms with E-state index in [9.17, 15) is 24.3 Å². The molecule has 0 saturated carbocycles. The first kappa shape index (κ1) is 31.9. The Balaban J connectivity index is 1.32. The average Bonchev–Trinajstić information content (AvgIpc) is 2.99. The molecule has 13 heteroatoms. The monoisotopic (exact) mass is 604 g/mol. The summed E-state index contributed by atoms with van der Waals surface area (Å²) in [6.45, 7) is 4.38. The fourth-order valence-corrected chi connectivity index (χ4v) is 4.62. The number of methoxy groups -OCH3 is 1. The number of aromatic nitrogens is 1. The molecule has 1 saturated heterocycles. The lowest BCUT2D eigenvalue weighted by Crippen LogP contribution is -2.44. The topological polar surface area (TPSA) is 171 Å².